The summed E-state index contributed by atoms with van der Waals surface area (Å²) in [5.41, 5.74) is -1.60. The SMILES string of the molecule is CCC(CC)C(O)CNC(=O)c1c[nH]c(=O)[nH]c1=O. The zero-order valence-electron chi connectivity index (χ0n) is 11.0. The highest BCUT2D eigenvalue weighted by atomic mass is 16.3. The number of aromatic amines is 2. The zero-order chi connectivity index (χ0) is 14.4. The van der Waals surface area contributed by atoms with Crippen molar-refractivity contribution in [3.05, 3.63) is 32.6 Å². The maximum atomic E-state index is 11.7. The average Bonchev–Trinajstić information content (AvgIpc) is 2.37. The van der Waals surface area contributed by atoms with Crippen molar-refractivity contribution in [1.29, 1.82) is 0 Å². The van der Waals surface area contributed by atoms with Gasteiger partial charge in [0.1, 0.15) is 5.56 Å². The fourth-order valence-electron chi connectivity index (χ4n) is 1.87. The van der Waals surface area contributed by atoms with E-state index in [1.54, 1.807) is 0 Å². The van der Waals surface area contributed by atoms with E-state index < -0.39 is 23.3 Å². The predicted octanol–water partition coefficient (Wildman–Crippen LogP) is -0.410. The largest absolute Gasteiger partial charge is 0.391 e. The van der Waals surface area contributed by atoms with Gasteiger partial charge in [-0.15, -0.1) is 0 Å². The summed E-state index contributed by atoms with van der Waals surface area (Å²) < 4.78 is 0. The van der Waals surface area contributed by atoms with E-state index >= 15 is 0 Å². The first-order valence-electron chi connectivity index (χ1n) is 6.27. The molecular formula is C12H19N3O4. The molecule has 1 heterocycles. The summed E-state index contributed by atoms with van der Waals surface area (Å²) in [6.45, 7) is 4.00. The van der Waals surface area contributed by atoms with Crippen LogP contribution in [0, 0.1) is 5.92 Å². The normalized spacial score (nSPS) is 12.4. The Morgan fingerprint density at radius 2 is 2.00 bits per heavy atom. The second-order valence-corrected chi connectivity index (χ2v) is 4.34. The minimum absolute atomic E-state index is 0.0732. The molecule has 0 radical (unpaired) electrons. The molecule has 4 N–H and O–H groups in total. The highest BCUT2D eigenvalue weighted by Crippen LogP contribution is 2.12. The van der Waals surface area contributed by atoms with E-state index in [0.717, 1.165) is 19.0 Å². The number of hydrogen-bond donors (Lipinski definition) is 4. The third-order valence-electron chi connectivity index (χ3n) is 3.13. The summed E-state index contributed by atoms with van der Waals surface area (Å²) in [6, 6.07) is 0. The number of carbonyl (C=O) groups is 1. The number of carbonyl (C=O) groups excluding carboxylic acids is 1. The first-order valence-corrected chi connectivity index (χ1v) is 6.27. The maximum absolute atomic E-state index is 11.7. The molecule has 1 unspecified atom stereocenters. The molecule has 0 bridgehead atoms. The minimum Gasteiger partial charge on any atom is -0.391 e. The van der Waals surface area contributed by atoms with Crippen LogP contribution in [0.3, 0.4) is 0 Å². The lowest BCUT2D eigenvalue weighted by Gasteiger charge is -2.20. The van der Waals surface area contributed by atoms with Gasteiger partial charge in [-0.1, -0.05) is 26.7 Å². The van der Waals surface area contributed by atoms with Gasteiger partial charge < -0.3 is 15.4 Å². The van der Waals surface area contributed by atoms with Crippen LogP contribution in [-0.4, -0.2) is 33.6 Å². The molecule has 0 saturated carbocycles. The number of nitrogens with one attached hydrogen (secondary N) is 3. The van der Waals surface area contributed by atoms with Crippen molar-refractivity contribution in [2.45, 2.75) is 32.8 Å². The van der Waals surface area contributed by atoms with Crippen LogP contribution in [0.1, 0.15) is 37.0 Å². The van der Waals surface area contributed by atoms with Crippen LogP contribution in [-0.2, 0) is 0 Å². The Morgan fingerprint density at radius 3 is 2.53 bits per heavy atom. The Labute approximate surface area is 110 Å². The van der Waals surface area contributed by atoms with E-state index in [9.17, 15) is 19.5 Å². The third-order valence-corrected chi connectivity index (χ3v) is 3.13. The van der Waals surface area contributed by atoms with E-state index in [0.29, 0.717) is 0 Å². The molecule has 0 aliphatic heterocycles. The van der Waals surface area contributed by atoms with Crippen molar-refractivity contribution >= 4 is 5.91 Å². The number of aliphatic hydroxyl groups excluding tert-OH is 1. The van der Waals surface area contributed by atoms with Gasteiger partial charge in [0.2, 0.25) is 0 Å². The average molecular weight is 269 g/mol. The second kappa shape index (κ2) is 6.89. The van der Waals surface area contributed by atoms with Gasteiger partial charge in [0.25, 0.3) is 11.5 Å². The first-order chi connectivity index (χ1) is 8.99. The molecule has 106 valence electrons. The van der Waals surface area contributed by atoms with E-state index in [1.807, 2.05) is 18.8 Å². The van der Waals surface area contributed by atoms with Crippen molar-refractivity contribution in [3.8, 4) is 0 Å². The smallest absolute Gasteiger partial charge is 0.325 e. The van der Waals surface area contributed by atoms with Crippen molar-refractivity contribution in [2.24, 2.45) is 5.92 Å². The molecule has 7 heteroatoms. The number of rotatable bonds is 6. The summed E-state index contributed by atoms with van der Waals surface area (Å²) in [7, 11) is 0. The zero-order valence-corrected chi connectivity index (χ0v) is 11.0. The highest BCUT2D eigenvalue weighted by molar-refractivity contribution is 5.93. The van der Waals surface area contributed by atoms with E-state index in [4.69, 9.17) is 0 Å². The van der Waals surface area contributed by atoms with Gasteiger partial charge in [0.15, 0.2) is 0 Å². The Hall–Kier alpha value is -1.89. The molecule has 19 heavy (non-hydrogen) atoms. The topological polar surface area (TPSA) is 115 Å². The molecule has 1 amide bonds. The van der Waals surface area contributed by atoms with Gasteiger partial charge in [-0.05, 0) is 5.92 Å². The van der Waals surface area contributed by atoms with Crippen LogP contribution in [0.25, 0.3) is 0 Å². The molecule has 7 nitrogen and oxygen atoms in total. The molecule has 0 aliphatic rings. The van der Waals surface area contributed by atoms with Crippen molar-refractivity contribution in [1.82, 2.24) is 15.3 Å². The summed E-state index contributed by atoms with van der Waals surface area (Å²) in [4.78, 5) is 38.1. The van der Waals surface area contributed by atoms with Crippen LogP contribution >= 0.6 is 0 Å². The summed E-state index contributed by atoms with van der Waals surface area (Å²) >= 11 is 0. The summed E-state index contributed by atoms with van der Waals surface area (Å²) in [6.07, 6.45) is 2.03. The van der Waals surface area contributed by atoms with Crippen LogP contribution in [0.5, 0.6) is 0 Å². The highest BCUT2D eigenvalue weighted by Gasteiger charge is 2.17. The van der Waals surface area contributed by atoms with Crippen LogP contribution in [0.2, 0.25) is 0 Å². The molecule has 0 fully saturated rings. The third kappa shape index (κ3) is 4.06. The van der Waals surface area contributed by atoms with Gasteiger partial charge >= 0.3 is 5.69 Å². The van der Waals surface area contributed by atoms with Crippen molar-refractivity contribution in [3.63, 3.8) is 0 Å². The Bertz CT molecular complexity index is 530. The molecule has 1 atom stereocenters. The minimum atomic E-state index is -0.752. The quantitative estimate of drug-likeness (QED) is 0.562. The Morgan fingerprint density at radius 1 is 1.37 bits per heavy atom. The van der Waals surface area contributed by atoms with Crippen molar-refractivity contribution in [2.75, 3.05) is 6.54 Å². The Kier molecular flexibility index (Phi) is 5.50. The molecule has 0 saturated heterocycles. The molecular weight excluding hydrogens is 250 g/mol. The van der Waals surface area contributed by atoms with Crippen LogP contribution < -0.4 is 16.6 Å². The Balaban J connectivity index is 2.65. The molecule has 1 aromatic heterocycles. The van der Waals surface area contributed by atoms with E-state index in [2.05, 4.69) is 10.3 Å². The van der Waals surface area contributed by atoms with Crippen LogP contribution in [0.4, 0.5) is 0 Å². The van der Waals surface area contributed by atoms with Gasteiger partial charge in [0.05, 0.1) is 6.10 Å². The number of amides is 1. The summed E-state index contributed by atoms with van der Waals surface area (Å²) in [5.74, 6) is -0.517. The molecule has 0 aliphatic carbocycles. The number of aliphatic hydroxyl groups is 1. The number of aromatic nitrogens is 2. The molecule has 1 rings (SSSR count). The first kappa shape index (κ1) is 15.2. The fraction of sp³-hybridized carbons (Fsp3) is 0.583. The van der Waals surface area contributed by atoms with Gasteiger partial charge in [0, 0.05) is 12.7 Å². The van der Waals surface area contributed by atoms with Crippen molar-refractivity contribution < 1.29 is 9.90 Å². The van der Waals surface area contributed by atoms with Crippen LogP contribution in [0.15, 0.2) is 15.8 Å². The lowest BCUT2D eigenvalue weighted by molar-refractivity contribution is 0.0815. The monoisotopic (exact) mass is 269 g/mol. The molecule has 1 aromatic rings. The lowest BCUT2D eigenvalue weighted by atomic mass is 9.96. The van der Waals surface area contributed by atoms with Gasteiger partial charge in [-0.2, -0.15) is 0 Å². The molecule has 0 aromatic carbocycles. The van der Waals surface area contributed by atoms with E-state index in [1.165, 1.54) is 0 Å². The fourth-order valence-corrected chi connectivity index (χ4v) is 1.87. The standard InChI is InChI=1S/C12H19N3O4/c1-3-7(4-2)9(16)6-13-10(17)8-5-14-12(19)15-11(8)18/h5,7,9,16H,3-4,6H2,1-2H3,(H,13,17)(H2,14,15,18,19). The second-order valence-electron chi connectivity index (χ2n) is 4.34. The van der Waals surface area contributed by atoms with Gasteiger partial charge in [-0.25, -0.2) is 4.79 Å². The number of H-pyrrole nitrogens is 2. The predicted molar refractivity (Wildman–Crippen MR) is 70.1 cm³/mol. The van der Waals surface area contributed by atoms with Gasteiger partial charge in [-0.3, -0.25) is 14.6 Å². The summed E-state index contributed by atoms with van der Waals surface area (Å²) in [5, 5.41) is 12.3. The maximum Gasteiger partial charge on any atom is 0.325 e. The van der Waals surface area contributed by atoms with E-state index in [-0.39, 0.29) is 18.0 Å². The number of hydrogen-bond acceptors (Lipinski definition) is 4. The molecule has 0 spiro atoms. The lowest BCUT2D eigenvalue weighted by Crippen LogP contribution is -2.39.